The van der Waals surface area contributed by atoms with Crippen molar-refractivity contribution < 1.29 is 19.1 Å². The number of rotatable bonds is 9. The van der Waals surface area contributed by atoms with Gasteiger partial charge in [-0.25, -0.2) is 0 Å². The third kappa shape index (κ3) is 5.75. The maximum absolute atomic E-state index is 13.7. The van der Waals surface area contributed by atoms with Crippen LogP contribution in [0, 0.1) is 11.8 Å². The van der Waals surface area contributed by atoms with Gasteiger partial charge < -0.3 is 24.8 Å². The first-order valence-electron chi connectivity index (χ1n) is 13.6. The van der Waals surface area contributed by atoms with Crippen molar-refractivity contribution in [3.63, 3.8) is 0 Å². The molecule has 3 aliphatic heterocycles. The van der Waals surface area contributed by atoms with Gasteiger partial charge in [-0.05, 0) is 49.6 Å². The largest absolute Gasteiger partial charge is 0.369 e. The van der Waals surface area contributed by atoms with Crippen molar-refractivity contribution >= 4 is 23.3 Å². The lowest BCUT2D eigenvalue weighted by Gasteiger charge is -2.35. The summed E-state index contributed by atoms with van der Waals surface area (Å²) in [6.45, 7) is 14.1. The summed E-state index contributed by atoms with van der Waals surface area (Å²) >= 11 is 0. The lowest BCUT2D eigenvalue weighted by Crippen LogP contribution is -2.52. The predicted octanol–water partition coefficient (Wildman–Crippen LogP) is 2.57. The van der Waals surface area contributed by atoms with E-state index in [1.165, 1.54) is 0 Å². The Morgan fingerprint density at radius 3 is 2.39 bits per heavy atom. The summed E-state index contributed by atoms with van der Waals surface area (Å²) in [6.07, 6.45) is 2.19. The van der Waals surface area contributed by atoms with Crippen LogP contribution in [-0.2, 0) is 14.3 Å². The quantitative estimate of drug-likeness (QED) is 0.564. The number of anilines is 1. The van der Waals surface area contributed by atoms with Crippen LogP contribution in [0.2, 0.25) is 0 Å². The Kier molecular flexibility index (Phi) is 8.67. The van der Waals surface area contributed by atoms with Crippen LogP contribution in [0.5, 0.6) is 0 Å². The molecule has 0 bridgehead atoms. The topological polar surface area (TPSA) is 82.2 Å². The first-order chi connectivity index (χ1) is 17.3. The molecule has 0 radical (unpaired) electrons. The van der Waals surface area contributed by atoms with Gasteiger partial charge in [0.1, 0.15) is 18.7 Å². The minimum atomic E-state index is -0.672. The average Bonchev–Trinajstić information content (AvgIpc) is 3.44. The van der Waals surface area contributed by atoms with Gasteiger partial charge in [0.15, 0.2) is 5.78 Å². The van der Waals surface area contributed by atoms with Crippen LogP contribution in [0.25, 0.3) is 0 Å². The number of ketones is 1. The van der Waals surface area contributed by atoms with Crippen molar-refractivity contribution in [1.29, 1.82) is 0 Å². The lowest BCUT2D eigenvalue weighted by atomic mass is 9.97. The van der Waals surface area contributed by atoms with E-state index in [2.05, 4.69) is 29.0 Å². The maximum atomic E-state index is 13.7. The number of fused-ring (bicyclic) bond motifs is 1. The van der Waals surface area contributed by atoms with Crippen LogP contribution in [-0.4, -0.2) is 91.5 Å². The zero-order chi connectivity index (χ0) is 25.8. The van der Waals surface area contributed by atoms with E-state index < -0.39 is 12.1 Å². The minimum absolute atomic E-state index is 0.0306. The normalized spacial score (nSPS) is 25.4. The molecule has 3 heterocycles. The number of hydrogen-bond donors (Lipinski definition) is 1. The SMILES string of the molecule is CCC[C@H]1CN(C(=O)[C@H](CC(C)C)NC(=O)c2ccc(N3CCN(CC)CC3)cc2)[C@@H]2C(=O)CO[C@H]12. The van der Waals surface area contributed by atoms with Crippen molar-refractivity contribution in [2.45, 2.75) is 65.1 Å². The third-order valence-corrected chi connectivity index (χ3v) is 7.86. The first-order valence-corrected chi connectivity index (χ1v) is 13.6. The molecule has 1 aromatic rings. The Hall–Kier alpha value is -2.45. The summed E-state index contributed by atoms with van der Waals surface area (Å²) in [5.41, 5.74) is 1.65. The molecule has 3 fully saturated rings. The molecule has 0 spiro atoms. The van der Waals surface area contributed by atoms with Gasteiger partial charge in [-0.15, -0.1) is 0 Å². The fourth-order valence-corrected chi connectivity index (χ4v) is 5.89. The number of nitrogens with one attached hydrogen (secondary N) is 1. The molecule has 8 heteroatoms. The standard InChI is InChI=1S/C28H42N4O4/c1-5-7-21-17-32(25-24(33)18-36-26(21)25)28(35)23(16-19(3)4)29-27(34)20-8-10-22(11-9-20)31-14-12-30(6-2)13-15-31/h8-11,19,21,23,25-26H,5-7,12-18H2,1-4H3,(H,29,34)/t21-,23-,25+,26+/m0/s1. The molecule has 198 valence electrons. The second-order valence-electron chi connectivity index (χ2n) is 10.8. The number of carbonyl (C=O) groups excluding carboxylic acids is 3. The van der Waals surface area contributed by atoms with Gasteiger partial charge in [-0.1, -0.05) is 34.1 Å². The van der Waals surface area contributed by atoms with Crippen molar-refractivity contribution in [2.75, 3.05) is 50.8 Å². The van der Waals surface area contributed by atoms with E-state index in [9.17, 15) is 14.4 Å². The lowest BCUT2D eigenvalue weighted by molar-refractivity contribution is -0.138. The van der Waals surface area contributed by atoms with E-state index in [0.717, 1.165) is 51.3 Å². The Labute approximate surface area is 215 Å². The zero-order valence-corrected chi connectivity index (χ0v) is 22.2. The van der Waals surface area contributed by atoms with Gasteiger partial charge in [-0.3, -0.25) is 14.4 Å². The van der Waals surface area contributed by atoms with E-state index in [1.54, 1.807) is 4.90 Å². The number of likely N-dealkylation sites (N-methyl/N-ethyl adjacent to an activating group) is 1. The van der Waals surface area contributed by atoms with E-state index in [1.807, 2.05) is 38.1 Å². The zero-order valence-electron chi connectivity index (χ0n) is 22.2. The van der Waals surface area contributed by atoms with Gasteiger partial charge in [0, 0.05) is 49.9 Å². The molecule has 0 aromatic heterocycles. The number of ether oxygens (including phenoxy) is 1. The molecule has 1 aromatic carbocycles. The van der Waals surface area contributed by atoms with E-state index in [4.69, 9.17) is 4.74 Å². The van der Waals surface area contributed by atoms with Crippen LogP contribution in [0.15, 0.2) is 24.3 Å². The average molecular weight is 499 g/mol. The predicted molar refractivity (Wildman–Crippen MR) is 140 cm³/mol. The second-order valence-corrected chi connectivity index (χ2v) is 10.8. The Morgan fingerprint density at radius 1 is 1.08 bits per heavy atom. The van der Waals surface area contributed by atoms with Crippen LogP contribution >= 0.6 is 0 Å². The second kappa shape index (κ2) is 11.7. The molecule has 0 unspecified atom stereocenters. The number of piperazine rings is 1. The number of hydrogen-bond acceptors (Lipinski definition) is 6. The number of carbonyl (C=O) groups is 3. The summed E-state index contributed by atoms with van der Waals surface area (Å²) in [6, 6.07) is 6.47. The highest BCUT2D eigenvalue weighted by Gasteiger charge is 2.52. The first kappa shape index (κ1) is 26.6. The maximum Gasteiger partial charge on any atom is 0.251 e. The molecule has 3 saturated heterocycles. The minimum Gasteiger partial charge on any atom is -0.369 e. The Bertz CT molecular complexity index is 926. The van der Waals surface area contributed by atoms with Crippen LogP contribution in [0.4, 0.5) is 5.69 Å². The molecular weight excluding hydrogens is 456 g/mol. The van der Waals surface area contributed by atoms with Crippen molar-refractivity contribution in [3.05, 3.63) is 29.8 Å². The molecule has 0 saturated carbocycles. The molecule has 0 aliphatic carbocycles. The summed E-state index contributed by atoms with van der Waals surface area (Å²) < 4.78 is 5.78. The molecule has 4 rings (SSSR count). The van der Waals surface area contributed by atoms with Gasteiger partial charge in [0.25, 0.3) is 5.91 Å². The summed E-state index contributed by atoms with van der Waals surface area (Å²) in [5, 5.41) is 2.99. The molecule has 36 heavy (non-hydrogen) atoms. The third-order valence-electron chi connectivity index (χ3n) is 7.86. The van der Waals surface area contributed by atoms with Gasteiger partial charge in [-0.2, -0.15) is 0 Å². The van der Waals surface area contributed by atoms with Crippen LogP contribution in [0.3, 0.4) is 0 Å². The smallest absolute Gasteiger partial charge is 0.251 e. The summed E-state index contributed by atoms with van der Waals surface area (Å²) in [7, 11) is 0. The molecule has 4 atom stereocenters. The van der Waals surface area contributed by atoms with Crippen molar-refractivity contribution in [3.8, 4) is 0 Å². The number of nitrogens with zero attached hydrogens (tertiary/aromatic N) is 3. The molecular formula is C28H42N4O4. The number of amides is 2. The van der Waals surface area contributed by atoms with Crippen molar-refractivity contribution in [2.24, 2.45) is 11.8 Å². The highest BCUT2D eigenvalue weighted by atomic mass is 16.5. The van der Waals surface area contributed by atoms with E-state index >= 15 is 0 Å². The molecule has 1 N–H and O–H groups in total. The Balaban J connectivity index is 1.43. The van der Waals surface area contributed by atoms with E-state index in [0.29, 0.717) is 18.5 Å². The highest BCUT2D eigenvalue weighted by Crippen LogP contribution is 2.35. The van der Waals surface area contributed by atoms with Crippen molar-refractivity contribution in [1.82, 2.24) is 15.1 Å². The fraction of sp³-hybridized carbons (Fsp3) is 0.679. The molecule has 8 nitrogen and oxygen atoms in total. The number of likely N-dealkylation sites (tertiary alicyclic amines) is 1. The highest BCUT2D eigenvalue weighted by molar-refractivity contribution is 5.99. The molecule has 2 amide bonds. The van der Waals surface area contributed by atoms with Crippen LogP contribution < -0.4 is 10.2 Å². The summed E-state index contributed by atoms with van der Waals surface area (Å²) in [5.74, 6) is -0.0839. The van der Waals surface area contributed by atoms with Gasteiger partial charge in [0.2, 0.25) is 5.91 Å². The van der Waals surface area contributed by atoms with Gasteiger partial charge in [0.05, 0.1) is 6.10 Å². The number of benzene rings is 1. The van der Waals surface area contributed by atoms with Crippen LogP contribution in [0.1, 0.15) is 57.3 Å². The Morgan fingerprint density at radius 2 is 1.78 bits per heavy atom. The summed E-state index contributed by atoms with van der Waals surface area (Å²) in [4.78, 5) is 45.9. The van der Waals surface area contributed by atoms with Gasteiger partial charge >= 0.3 is 0 Å². The number of Topliss-reactive ketones (excluding diaryl/α,β-unsaturated/α-hetero) is 1. The fourth-order valence-electron chi connectivity index (χ4n) is 5.89. The monoisotopic (exact) mass is 498 g/mol. The van der Waals surface area contributed by atoms with E-state index in [-0.39, 0.29) is 42.1 Å². The molecule has 3 aliphatic rings.